The van der Waals surface area contributed by atoms with E-state index >= 15 is 0 Å². The van der Waals surface area contributed by atoms with Gasteiger partial charge in [0.2, 0.25) is 5.95 Å². The van der Waals surface area contributed by atoms with E-state index in [1.54, 1.807) is 23.9 Å². The molecule has 1 aromatic carbocycles. The van der Waals surface area contributed by atoms with Crippen LogP contribution in [0.4, 0.5) is 19.1 Å². The monoisotopic (exact) mass is 283 g/mol. The van der Waals surface area contributed by atoms with Crippen LogP contribution in [0, 0.1) is 6.92 Å². The fourth-order valence-corrected chi connectivity index (χ4v) is 1.91. The van der Waals surface area contributed by atoms with Gasteiger partial charge in [0.25, 0.3) is 0 Å². The number of aromatic nitrogens is 2. The Hall–Kier alpha value is -1.98. The molecule has 0 aliphatic rings. The molecule has 1 N–H and O–H groups in total. The Morgan fingerprint density at radius 2 is 1.95 bits per heavy atom. The minimum absolute atomic E-state index is 0.141. The average Bonchev–Trinajstić information content (AvgIpc) is 2.75. The Morgan fingerprint density at radius 3 is 2.55 bits per heavy atom. The van der Waals surface area contributed by atoms with E-state index in [-0.39, 0.29) is 6.04 Å². The molecule has 2 rings (SSSR count). The molecule has 2 aromatic rings. The first-order chi connectivity index (χ1) is 9.29. The summed E-state index contributed by atoms with van der Waals surface area (Å²) in [5, 5.41) is 3.11. The van der Waals surface area contributed by atoms with Gasteiger partial charge >= 0.3 is 6.18 Å². The number of halogens is 3. The number of rotatable bonds is 3. The Balaban J connectivity index is 2.50. The van der Waals surface area contributed by atoms with Crippen molar-refractivity contribution in [2.24, 2.45) is 0 Å². The molecule has 6 heteroatoms. The number of aryl methyl sites for hydroxylation is 1. The second-order valence-corrected chi connectivity index (χ2v) is 4.92. The predicted molar refractivity (Wildman–Crippen MR) is 72.1 cm³/mol. The van der Waals surface area contributed by atoms with Crippen LogP contribution in [0.5, 0.6) is 0 Å². The molecule has 0 spiro atoms. The highest BCUT2D eigenvalue weighted by atomic mass is 19.4. The first kappa shape index (κ1) is 14.4. The first-order valence-electron chi connectivity index (χ1n) is 6.27. The normalized spacial score (nSPS) is 11.9. The van der Waals surface area contributed by atoms with Gasteiger partial charge in [-0.15, -0.1) is 0 Å². The summed E-state index contributed by atoms with van der Waals surface area (Å²) >= 11 is 0. The van der Waals surface area contributed by atoms with Crippen molar-refractivity contribution in [1.82, 2.24) is 9.55 Å². The maximum atomic E-state index is 12.8. The lowest BCUT2D eigenvalue weighted by molar-refractivity contribution is -0.137. The molecule has 108 valence electrons. The Bertz CT molecular complexity index is 600. The van der Waals surface area contributed by atoms with E-state index < -0.39 is 11.7 Å². The van der Waals surface area contributed by atoms with Crippen LogP contribution in [0.2, 0.25) is 0 Å². The van der Waals surface area contributed by atoms with E-state index in [0.29, 0.717) is 11.6 Å². The van der Waals surface area contributed by atoms with Gasteiger partial charge in [0, 0.05) is 18.4 Å². The van der Waals surface area contributed by atoms with Gasteiger partial charge in [0.1, 0.15) is 0 Å². The number of alkyl halides is 3. The highest BCUT2D eigenvalue weighted by molar-refractivity contribution is 5.49. The number of hydrogen-bond acceptors (Lipinski definition) is 2. The molecule has 0 fully saturated rings. The van der Waals surface area contributed by atoms with Crippen molar-refractivity contribution in [3.63, 3.8) is 0 Å². The van der Waals surface area contributed by atoms with Crippen LogP contribution in [0.15, 0.2) is 30.6 Å². The zero-order valence-corrected chi connectivity index (χ0v) is 11.5. The lowest BCUT2D eigenvalue weighted by Gasteiger charge is -2.16. The zero-order chi connectivity index (χ0) is 14.9. The molecule has 0 aliphatic heterocycles. The smallest absolute Gasteiger partial charge is 0.353 e. The van der Waals surface area contributed by atoms with Gasteiger partial charge in [-0.25, -0.2) is 4.98 Å². The van der Waals surface area contributed by atoms with Crippen molar-refractivity contribution >= 4 is 5.95 Å². The van der Waals surface area contributed by atoms with Crippen molar-refractivity contribution < 1.29 is 13.2 Å². The molecule has 0 amide bonds. The zero-order valence-electron chi connectivity index (χ0n) is 11.5. The van der Waals surface area contributed by atoms with Gasteiger partial charge in [-0.1, -0.05) is 6.07 Å². The van der Waals surface area contributed by atoms with E-state index in [9.17, 15) is 13.2 Å². The molecule has 1 heterocycles. The van der Waals surface area contributed by atoms with Gasteiger partial charge in [-0.2, -0.15) is 13.2 Å². The quantitative estimate of drug-likeness (QED) is 0.922. The van der Waals surface area contributed by atoms with Crippen molar-refractivity contribution in [2.75, 3.05) is 5.32 Å². The van der Waals surface area contributed by atoms with Crippen LogP contribution >= 0.6 is 0 Å². The summed E-state index contributed by atoms with van der Waals surface area (Å²) in [6, 6.07) is 3.84. The number of nitrogens with zero attached hydrogens (tertiary/aromatic N) is 2. The maximum Gasteiger partial charge on any atom is 0.416 e. The topological polar surface area (TPSA) is 29.9 Å². The molecule has 3 nitrogen and oxygen atoms in total. The number of nitrogens with one attached hydrogen (secondary N) is 1. The van der Waals surface area contributed by atoms with Crippen LogP contribution < -0.4 is 5.32 Å². The second-order valence-electron chi connectivity index (χ2n) is 4.92. The minimum Gasteiger partial charge on any atom is -0.353 e. The molecule has 0 atom stereocenters. The summed E-state index contributed by atoms with van der Waals surface area (Å²) in [5.41, 5.74) is 0.561. The lowest BCUT2D eigenvalue weighted by Crippen LogP contribution is -2.15. The van der Waals surface area contributed by atoms with Gasteiger partial charge in [0.15, 0.2) is 0 Å². The molecule has 20 heavy (non-hydrogen) atoms. The van der Waals surface area contributed by atoms with E-state index in [4.69, 9.17) is 0 Å². The van der Waals surface area contributed by atoms with Crippen molar-refractivity contribution in [3.8, 4) is 5.69 Å². The fourth-order valence-electron chi connectivity index (χ4n) is 1.91. The van der Waals surface area contributed by atoms with E-state index in [0.717, 1.165) is 17.7 Å². The molecular weight excluding hydrogens is 267 g/mol. The molecule has 0 bridgehead atoms. The highest BCUT2D eigenvalue weighted by Crippen LogP contribution is 2.32. The summed E-state index contributed by atoms with van der Waals surface area (Å²) < 4.78 is 40.1. The van der Waals surface area contributed by atoms with Crippen molar-refractivity contribution in [2.45, 2.75) is 33.0 Å². The lowest BCUT2D eigenvalue weighted by atomic mass is 10.1. The minimum atomic E-state index is -4.35. The first-order valence-corrected chi connectivity index (χ1v) is 6.27. The fraction of sp³-hybridized carbons (Fsp3) is 0.357. The van der Waals surface area contributed by atoms with Crippen molar-refractivity contribution in [3.05, 3.63) is 41.7 Å². The van der Waals surface area contributed by atoms with E-state index in [1.165, 1.54) is 6.07 Å². The van der Waals surface area contributed by atoms with Crippen molar-refractivity contribution in [1.29, 1.82) is 0 Å². The maximum absolute atomic E-state index is 12.8. The summed E-state index contributed by atoms with van der Waals surface area (Å²) in [4.78, 5) is 4.14. The van der Waals surface area contributed by atoms with E-state index in [1.807, 2.05) is 13.8 Å². The van der Waals surface area contributed by atoms with Crippen LogP contribution in [-0.4, -0.2) is 15.6 Å². The van der Waals surface area contributed by atoms with Crippen LogP contribution in [0.1, 0.15) is 25.0 Å². The van der Waals surface area contributed by atoms with Crippen LogP contribution in [0.25, 0.3) is 5.69 Å². The van der Waals surface area contributed by atoms with E-state index in [2.05, 4.69) is 10.3 Å². The molecule has 1 aromatic heterocycles. The molecule has 0 saturated carbocycles. The number of benzene rings is 1. The predicted octanol–water partition coefficient (Wildman–Crippen LogP) is 4.02. The highest BCUT2D eigenvalue weighted by Gasteiger charge is 2.31. The molecule has 0 saturated heterocycles. The van der Waals surface area contributed by atoms with Gasteiger partial charge in [-0.05, 0) is 38.5 Å². The number of hydrogen-bond donors (Lipinski definition) is 1. The third-order valence-electron chi connectivity index (χ3n) is 2.85. The molecule has 0 unspecified atom stereocenters. The third-order valence-corrected chi connectivity index (χ3v) is 2.85. The van der Waals surface area contributed by atoms with Crippen LogP contribution in [-0.2, 0) is 6.18 Å². The Kier molecular flexibility index (Phi) is 3.74. The average molecular weight is 283 g/mol. The van der Waals surface area contributed by atoms with Gasteiger partial charge in [0.05, 0.1) is 11.3 Å². The van der Waals surface area contributed by atoms with Crippen LogP contribution in [0.3, 0.4) is 0 Å². The largest absolute Gasteiger partial charge is 0.416 e. The molecule has 0 radical (unpaired) electrons. The van der Waals surface area contributed by atoms with Gasteiger partial charge in [-0.3, -0.25) is 4.57 Å². The summed E-state index contributed by atoms with van der Waals surface area (Å²) in [5.74, 6) is 0.530. The van der Waals surface area contributed by atoms with Gasteiger partial charge < -0.3 is 5.32 Å². The summed E-state index contributed by atoms with van der Waals surface area (Å²) in [6.07, 6.45) is -1.15. The Morgan fingerprint density at radius 1 is 1.25 bits per heavy atom. The molecule has 0 aliphatic carbocycles. The summed E-state index contributed by atoms with van der Waals surface area (Å²) in [7, 11) is 0. The SMILES string of the molecule is Cc1ccc(C(F)(F)F)cc1-n1ccnc1NC(C)C. The second kappa shape index (κ2) is 5.19. The summed E-state index contributed by atoms with van der Waals surface area (Å²) in [6.45, 7) is 5.66. The molecular formula is C14H16F3N3. The third kappa shape index (κ3) is 2.95. The number of imidazole rings is 1. The Labute approximate surface area is 115 Å². The standard InChI is InChI=1S/C14H16F3N3/c1-9(2)19-13-18-6-7-20(13)12-8-11(14(15,16)17)5-4-10(12)3/h4-9H,1-3H3,(H,18,19). The number of anilines is 1.